The number of aryl methyl sites for hydroxylation is 1. The Hall–Kier alpha value is -0.190. The van der Waals surface area contributed by atoms with Gasteiger partial charge < -0.3 is 0 Å². The van der Waals surface area contributed by atoms with E-state index in [0.29, 0.717) is 0 Å². The summed E-state index contributed by atoms with van der Waals surface area (Å²) in [7, 11) is 0. The second-order valence-electron chi connectivity index (χ2n) is 1.46. The second kappa shape index (κ2) is 2.60. The standard InChI is InChI=1S/C6H5FIN/c1-4-6(8)5(7)2-3-9-4/h2-3H,1H3/i1D3. The van der Waals surface area contributed by atoms with Crippen LogP contribution >= 0.6 is 22.6 Å². The van der Waals surface area contributed by atoms with Crippen LogP contribution in [-0.4, -0.2) is 4.98 Å². The molecule has 0 aromatic carbocycles. The van der Waals surface area contributed by atoms with Gasteiger partial charge in [0, 0.05) is 10.3 Å². The molecule has 1 aromatic heterocycles. The molecule has 0 spiro atoms. The fourth-order valence-corrected chi connectivity index (χ4v) is 0.739. The molecule has 1 nitrogen and oxygen atoms in total. The summed E-state index contributed by atoms with van der Waals surface area (Å²) in [5.74, 6) is -0.545. The lowest BCUT2D eigenvalue weighted by atomic mass is 10.4. The molecule has 0 N–H and O–H groups in total. The van der Waals surface area contributed by atoms with Gasteiger partial charge in [0.15, 0.2) is 0 Å². The molecule has 9 heavy (non-hydrogen) atoms. The van der Waals surface area contributed by atoms with E-state index in [2.05, 4.69) is 4.98 Å². The van der Waals surface area contributed by atoms with E-state index in [1.54, 1.807) is 22.6 Å². The van der Waals surface area contributed by atoms with E-state index in [1.165, 1.54) is 0 Å². The summed E-state index contributed by atoms with van der Waals surface area (Å²) in [6.07, 6.45) is 1.15. The Bertz CT molecular complexity index is 299. The summed E-state index contributed by atoms with van der Waals surface area (Å²) in [6.45, 7) is -2.33. The highest BCUT2D eigenvalue weighted by atomic mass is 127. The summed E-state index contributed by atoms with van der Waals surface area (Å²) in [5, 5.41) is 0. The molecule has 0 aliphatic carbocycles. The molecule has 1 rings (SSSR count). The fraction of sp³-hybridized carbons (Fsp3) is 0.167. The van der Waals surface area contributed by atoms with Crippen molar-refractivity contribution in [1.29, 1.82) is 0 Å². The van der Waals surface area contributed by atoms with Crippen LogP contribution in [0.1, 0.15) is 9.81 Å². The normalized spacial score (nSPS) is 16.0. The summed E-state index contributed by atoms with van der Waals surface area (Å²) in [6, 6.07) is 1.14. The maximum atomic E-state index is 12.8. The van der Waals surface area contributed by atoms with Crippen molar-refractivity contribution >= 4 is 22.6 Å². The van der Waals surface area contributed by atoms with Gasteiger partial charge in [0.1, 0.15) is 5.82 Å². The van der Waals surface area contributed by atoms with Crippen molar-refractivity contribution in [1.82, 2.24) is 4.98 Å². The number of aromatic nitrogens is 1. The van der Waals surface area contributed by atoms with E-state index >= 15 is 0 Å². The van der Waals surface area contributed by atoms with Crippen LogP contribution in [-0.2, 0) is 0 Å². The SMILES string of the molecule is [2H]C([2H])([2H])c1nccc(F)c1I. The third-order valence-corrected chi connectivity index (χ3v) is 1.87. The maximum Gasteiger partial charge on any atom is 0.139 e. The van der Waals surface area contributed by atoms with Gasteiger partial charge in [-0.2, -0.15) is 0 Å². The average molecular weight is 240 g/mol. The van der Waals surface area contributed by atoms with E-state index < -0.39 is 12.7 Å². The monoisotopic (exact) mass is 240 g/mol. The van der Waals surface area contributed by atoms with E-state index in [4.69, 9.17) is 4.11 Å². The van der Waals surface area contributed by atoms with Crippen molar-refractivity contribution < 1.29 is 8.50 Å². The van der Waals surface area contributed by atoms with Crippen molar-refractivity contribution in [3.8, 4) is 0 Å². The van der Waals surface area contributed by atoms with Crippen molar-refractivity contribution in [3.63, 3.8) is 0 Å². The van der Waals surface area contributed by atoms with Crippen LogP contribution in [0.5, 0.6) is 0 Å². The van der Waals surface area contributed by atoms with Crippen LogP contribution in [0.2, 0.25) is 0 Å². The van der Waals surface area contributed by atoms with Gasteiger partial charge in [0.25, 0.3) is 0 Å². The largest absolute Gasteiger partial charge is 0.260 e. The van der Waals surface area contributed by atoms with Crippen molar-refractivity contribution in [2.75, 3.05) is 0 Å². The van der Waals surface area contributed by atoms with Crippen LogP contribution in [0.15, 0.2) is 12.3 Å². The van der Waals surface area contributed by atoms with E-state index in [9.17, 15) is 4.39 Å². The Balaban J connectivity index is 3.26. The Morgan fingerprint density at radius 2 is 2.67 bits per heavy atom. The molecule has 0 aliphatic heterocycles. The molecule has 0 unspecified atom stereocenters. The average Bonchev–Trinajstić information content (AvgIpc) is 1.92. The van der Waals surface area contributed by atoms with Crippen molar-refractivity contribution in [3.05, 3.63) is 27.3 Å². The Morgan fingerprint density at radius 3 is 3.22 bits per heavy atom. The predicted octanol–water partition coefficient (Wildman–Crippen LogP) is 2.13. The molecule has 48 valence electrons. The lowest BCUT2D eigenvalue weighted by Gasteiger charge is -1.94. The zero-order valence-electron chi connectivity index (χ0n) is 7.36. The Labute approximate surface area is 70.7 Å². The van der Waals surface area contributed by atoms with Crippen LogP contribution in [0.3, 0.4) is 0 Å². The first-order valence-corrected chi connectivity index (χ1v) is 3.31. The first kappa shape index (κ1) is 3.85. The number of nitrogens with zero attached hydrogens (tertiary/aromatic N) is 1. The molecule has 0 fully saturated rings. The van der Waals surface area contributed by atoms with Crippen LogP contribution in [0, 0.1) is 16.2 Å². The molecule has 1 heterocycles. The summed E-state index contributed by atoms with van der Waals surface area (Å²) in [5.41, 5.74) is -0.178. The van der Waals surface area contributed by atoms with Gasteiger partial charge in [-0.3, -0.25) is 4.98 Å². The van der Waals surface area contributed by atoms with Gasteiger partial charge in [0.05, 0.1) is 9.26 Å². The number of pyridine rings is 1. The highest BCUT2D eigenvalue weighted by Gasteiger charge is 1.99. The molecule has 0 aliphatic rings. The molecule has 0 saturated carbocycles. The fourth-order valence-electron chi connectivity index (χ4n) is 0.420. The highest BCUT2D eigenvalue weighted by Crippen LogP contribution is 2.11. The molecule has 0 amide bonds. The lowest BCUT2D eigenvalue weighted by Crippen LogP contribution is -1.88. The topological polar surface area (TPSA) is 12.9 Å². The van der Waals surface area contributed by atoms with Gasteiger partial charge in [-0.05, 0) is 35.5 Å². The van der Waals surface area contributed by atoms with Crippen LogP contribution in [0.4, 0.5) is 4.39 Å². The highest BCUT2D eigenvalue weighted by molar-refractivity contribution is 14.1. The Kier molecular flexibility index (Phi) is 1.11. The van der Waals surface area contributed by atoms with E-state index in [0.717, 1.165) is 12.3 Å². The molecular weight excluding hydrogens is 232 g/mol. The molecule has 3 heteroatoms. The molecule has 0 saturated heterocycles. The van der Waals surface area contributed by atoms with E-state index in [-0.39, 0.29) is 9.26 Å². The van der Waals surface area contributed by atoms with Crippen LogP contribution in [0.25, 0.3) is 0 Å². The zero-order valence-corrected chi connectivity index (χ0v) is 6.52. The lowest BCUT2D eigenvalue weighted by molar-refractivity contribution is 0.615. The minimum Gasteiger partial charge on any atom is -0.260 e. The second-order valence-corrected chi connectivity index (χ2v) is 2.53. The van der Waals surface area contributed by atoms with Gasteiger partial charge >= 0.3 is 0 Å². The first-order chi connectivity index (χ1) is 5.43. The Morgan fingerprint density at radius 1 is 1.89 bits per heavy atom. The summed E-state index contributed by atoms with van der Waals surface area (Å²) >= 11 is 1.63. The molecular formula is C6H5FIN. The first-order valence-electron chi connectivity index (χ1n) is 3.73. The zero-order chi connectivity index (χ0) is 9.35. The van der Waals surface area contributed by atoms with Crippen LogP contribution < -0.4 is 0 Å². The number of hydrogen-bond donors (Lipinski definition) is 0. The van der Waals surface area contributed by atoms with Gasteiger partial charge in [0.2, 0.25) is 0 Å². The number of hydrogen-bond acceptors (Lipinski definition) is 1. The molecule has 1 aromatic rings. The minimum absolute atomic E-state index is 0.0649. The van der Waals surface area contributed by atoms with E-state index in [1.807, 2.05) is 0 Å². The predicted molar refractivity (Wildman–Crippen MR) is 41.6 cm³/mol. The third-order valence-electron chi connectivity index (χ3n) is 0.842. The minimum atomic E-state index is -2.33. The van der Waals surface area contributed by atoms with Crippen molar-refractivity contribution in [2.45, 2.75) is 6.85 Å². The summed E-state index contributed by atoms with van der Waals surface area (Å²) < 4.78 is 33.9. The number of halogens is 2. The molecule has 0 atom stereocenters. The quantitative estimate of drug-likeness (QED) is 0.633. The van der Waals surface area contributed by atoms with Crippen molar-refractivity contribution in [2.24, 2.45) is 0 Å². The molecule has 0 bridgehead atoms. The molecule has 0 radical (unpaired) electrons. The van der Waals surface area contributed by atoms with Gasteiger partial charge in [-0.15, -0.1) is 0 Å². The van der Waals surface area contributed by atoms with Gasteiger partial charge in [-0.1, -0.05) is 0 Å². The number of rotatable bonds is 0. The smallest absolute Gasteiger partial charge is 0.139 e. The van der Waals surface area contributed by atoms with Gasteiger partial charge in [-0.25, -0.2) is 4.39 Å². The summed E-state index contributed by atoms with van der Waals surface area (Å²) in [4.78, 5) is 3.60. The third kappa shape index (κ3) is 1.38. The maximum absolute atomic E-state index is 12.8.